The van der Waals surface area contributed by atoms with Crippen LogP contribution in [0.2, 0.25) is 0 Å². The van der Waals surface area contributed by atoms with E-state index in [9.17, 15) is 14.4 Å². The highest BCUT2D eigenvalue weighted by molar-refractivity contribution is 7.98. The lowest BCUT2D eigenvalue weighted by atomic mass is 10.2. The molecule has 0 fully saturated rings. The molecule has 0 bridgehead atoms. The van der Waals surface area contributed by atoms with Crippen molar-refractivity contribution in [2.24, 2.45) is 4.99 Å². The average molecular weight is 445 g/mol. The van der Waals surface area contributed by atoms with Crippen molar-refractivity contribution in [3.8, 4) is 0 Å². The predicted octanol–water partition coefficient (Wildman–Crippen LogP) is 3.52. The molecule has 0 aliphatic carbocycles. The minimum absolute atomic E-state index is 0.104. The van der Waals surface area contributed by atoms with Gasteiger partial charge in [-0.1, -0.05) is 11.3 Å². The largest absolute Gasteiger partial charge is 0.468 e. The van der Waals surface area contributed by atoms with Crippen molar-refractivity contribution in [2.75, 3.05) is 20.0 Å². The minimum Gasteiger partial charge on any atom is -0.468 e. The fraction of sp³-hybridized carbons (Fsp3) is 0.238. The smallest absolute Gasteiger partial charge is 0.338 e. The summed E-state index contributed by atoms with van der Waals surface area (Å²) in [6.07, 6.45) is 1.96. The first-order chi connectivity index (χ1) is 14.5. The molecular formula is C21H20N2O5S2. The number of ether oxygens (including phenoxy) is 2. The summed E-state index contributed by atoms with van der Waals surface area (Å²) >= 11 is 2.79. The van der Waals surface area contributed by atoms with Crippen LogP contribution < -0.4 is 4.80 Å². The van der Waals surface area contributed by atoms with Crippen molar-refractivity contribution in [3.63, 3.8) is 0 Å². The van der Waals surface area contributed by atoms with Gasteiger partial charge in [0.1, 0.15) is 6.54 Å². The van der Waals surface area contributed by atoms with E-state index in [2.05, 4.69) is 4.99 Å². The highest BCUT2D eigenvalue weighted by Gasteiger charge is 2.15. The van der Waals surface area contributed by atoms with Crippen LogP contribution in [-0.4, -0.2) is 42.4 Å². The van der Waals surface area contributed by atoms with E-state index in [1.807, 2.05) is 18.4 Å². The van der Waals surface area contributed by atoms with Gasteiger partial charge in [-0.05, 0) is 55.6 Å². The third kappa shape index (κ3) is 4.80. The van der Waals surface area contributed by atoms with Crippen LogP contribution in [0.25, 0.3) is 10.2 Å². The molecule has 3 rings (SSSR count). The van der Waals surface area contributed by atoms with Crippen LogP contribution in [0, 0.1) is 0 Å². The van der Waals surface area contributed by atoms with Crippen molar-refractivity contribution in [2.45, 2.75) is 18.4 Å². The fourth-order valence-electron chi connectivity index (χ4n) is 2.73. The molecule has 0 N–H and O–H groups in total. The van der Waals surface area contributed by atoms with Crippen LogP contribution >= 0.6 is 23.1 Å². The first-order valence-corrected chi connectivity index (χ1v) is 11.1. The molecule has 0 saturated heterocycles. The summed E-state index contributed by atoms with van der Waals surface area (Å²) in [6, 6.07) is 12.1. The Labute approximate surface area is 181 Å². The number of aromatic nitrogens is 1. The fourth-order valence-corrected chi connectivity index (χ4v) is 4.21. The van der Waals surface area contributed by atoms with E-state index < -0.39 is 17.8 Å². The number of thiazole rings is 1. The van der Waals surface area contributed by atoms with Gasteiger partial charge in [-0.15, -0.1) is 11.8 Å². The first kappa shape index (κ1) is 21.8. The van der Waals surface area contributed by atoms with Gasteiger partial charge in [0, 0.05) is 10.5 Å². The zero-order chi connectivity index (χ0) is 21.7. The van der Waals surface area contributed by atoms with Gasteiger partial charge in [0.25, 0.3) is 5.91 Å². The van der Waals surface area contributed by atoms with Crippen LogP contribution in [0.1, 0.15) is 27.6 Å². The Kier molecular flexibility index (Phi) is 7.07. The SMILES string of the molecule is CCOC(=O)c1ccc2c(c1)sc(=NC(=O)c1ccc(SC)cc1)n2CC(=O)OC. The number of carbonyl (C=O) groups excluding carboxylic acids is 3. The maximum atomic E-state index is 12.7. The van der Waals surface area contributed by atoms with Gasteiger partial charge in [0.2, 0.25) is 0 Å². The second-order valence-electron chi connectivity index (χ2n) is 6.10. The number of esters is 2. The summed E-state index contributed by atoms with van der Waals surface area (Å²) in [5.74, 6) is -1.32. The Morgan fingerprint density at radius 2 is 1.80 bits per heavy atom. The molecule has 0 saturated carbocycles. The van der Waals surface area contributed by atoms with Crippen LogP contribution in [0.3, 0.4) is 0 Å². The summed E-state index contributed by atoms with van der Waals surface area (Å²) in [6.45, 7) is 1.90. The monoisotopic (exact) mass is 444 g/mol. The zero-order valence-corrected chi connectivity index (χ0v) is 18.3. The van der Waals surface area contributed by atoms with Gasteiger partial charge in [-0.3, -0.25) is 9.59 Å². The lowest BCUT2D eigenvalue weighted by molar-refractivity contribution is -0.141. The van der Waals surface area contributed by atoms with Crippen molar-refractivity contribution < 1.29 is 23.9 Å². The molecule has 1 amide bonds. The Bertz CT molecular complexity index is 1160. The van der Waals surface area contributed by atoms with Crippen molar-refractivity contribution in [1.29, 1.82) is 0 Å². The molecule has 7 nitrogen and oxygen atoms in total. The molecule has 3 aromatic rings. The maximum Gasteiger partial charge on any atom is 0.338 e. The Morgan fingerprint density at radius 3 is 2.43 bits per heavy atom. The number of rotatable bonds is 6. The predicted molar refractivity (Wildman–Crippen MR) is 116 cm³/mol. The highest BCUT2D eigenvalue weighted by atomic mass is 32.2. The first-order valence-electron chi connectivity index (χ1n) is 9.07. The quantitative estimate of drug-likeness (QED) is 0.427. The molecular weight excluding hydrogens is 424 g/mol. The van der Waals surface area contributed by atoms with Gasteiger partial charge in [-0.25, -0.2) is 4.79 Å². The summed E-state index contributed by atoms with van der Waals surface area (Å²) < 4.78 is 12.1. The number of methoxy groups -OCH3 is 1. The summed E-state index contributed by atoms with van der Waals surface area (Å²) in [5, 5.41) is 0. The number of benzene rings is 2. The van der Waals surface area contributed by atoms with E-state index in [-0.39, 0.29) is 13.2 Å². The Morgan fingerprint density at radius 1 is 1.10 bits per heavy atom. The molecule has 0 aliphatic heterocycles. The lowest BCUT2D eigenvalue weighted by Crippen LogP contribution is -2.22. The molecule has 2 aromatic carbocycles. The average Bonchev–Trinajstić information content (AvgIpc) is 3.09. The maximum absolute atomic E-state index is 12.7. The Balaban J connectivity index is 2.09. The zero-order valence-electron chi connectivity index (χ0n) is 16.7. The number of carbonyl (C=O) groups is 3. The van der Waals surface area contributed by atoms with E-state index in [4.69, 9.17) is 9.47 Å². The Hall–Kier alpha value is -2.91. The number of fused-ring (bicyclic) bond motifs is 1. The molecule has 1 heterocycles. The van der Waals surface area contributed by atoms with Gasteiger partial charge >= 0.3 is 11.9 Å². The van der Waals surface area contributed by atoms with Gasteiger partial charge in [0.05, 0.1) is 29.5 Å². The second-order valence-corrected chi connectivity index (χ2v) is 7.98. The molecule has 1 aromatic heterocycles. The molecule has 0 atom stereocenters. The van der Waals surface area contributed by atoms with Crippen LogP contribution in [0.15, 0.2) is 52.4 Å². The van der Waals surface area contributed by atoms with E-state index in [0.29, 0.717) is 26.1 Å². The van der Waals surface area contributed by atoms with Crippen molar-refractivity contribution in [1.82, 2.24) is 4.57 Å². The second kappa shape index (κ2) is 9.73. The normalized spacial score (nSPS) is 11.5. The van der Waals surface area contributed by atoms with Gasteiger partial charge in [-0.2, -0.15) is 4.99 Å². The van der Waals surface area contributed by atoms with E-state index in [0.717, 1.165) is 4.90 Å². The topological polar surface area (TPSA) is 87.0 Å². The van der Waals surface area contributed by atoms with Gasteiger partial charge in [0.15, 0.2) is 4.80 Å². The van der Waals surface area contributed by atoms with Gasteiger partial charge < -0.3 is 14.0 Å². The molecule has 0 unspecified atom stereocenters. The molecule has 0 aliphatic rings. The molecule has 156 valence electrons. The van der Waals surface area contributed by atoms with E-state index in [1.54, 1.807) is 53.6 Å². The molecule has 30 heavy (non-hydrogen) atoms. The van der Waals surface area contributed by atoms with Crippen LogP contribution in [-0.2, 0) is 20.8 Å². The number of hydrogen-bond donors (Lipinski definition) is 0. The third-order valence-electron chi connectivity index (χ3n) is 4.24. The van der Waals surface area contributed by atoms with Crippen molar-refractivity contribution in [3.05, 3.63) is 58.4 Å². The summed E-state index contributed by atoms with van der Waals surface area (Å²) in [5.41, 5.74) is 1.51. The lowest BCUT2D eigenvalue weighted by Gasteiger charge is -2.05. The standard InChI is InChI=1S/C21H20N2O5S2/c1-4-28-20(26)14-7-10-16-17(11-14)30-21(23(16)12-18(24)27-2)22-19(25)13-5-8-15(29-3)9-6-13/h5-11H,4,12H2,1-3H3. The summed E-state index contributed by atoms with van der Waals surface area (Å²) in [4.78, 5) is 42.3. The number of hydrogen-bond acceptors (Lipinski definition) is 7. The van der Waals surface area contributed by atoms with Crippen LogP contribution in [0.5, 0.6) is 0 Å². The highest BCUT2D eigenvalue weighted by Crippen LogP contribution is 2.21. The molecule has 9 heteroatoms. The number of amides is 1. The molecule has 0 radical (unpaired) electrons. The van der Waals surface area contributed by atoms with E-state index in [1.165, 1.54) is 18.4 Å². The number of thioether (sulfide) groups is 1. The third-order valence-corrected chi connectivity index (χ3v) is 6.03. The van der Waals surface area contributed by atoms with Crippen molar-refractivity contribution >= 4 is 51.2 Å². The minimum atomic E-state index is -0.470. The molecule has 0 spiro atoms. The van der Waals surface area contributed by atoms with Crippen LogP contribution in [0.4, 0.5) is 0 Å². The number of nitrogens with zero attached hydrogens (tertiary/aromatic N) is 2. The summed E-state index contributed by atoms with van der Waals surface area (Å²) in [7, 11) is 1.30. The van der Waals surface area contributed by atoms with E-state index >= 15 is 0 Å².